The van der Waals surface area contributed by atoms with E-state index in [0.717, 1.165) is 12.1 Å². The Bertz CT molecular complexity index is 505. The van der Waals surface area contributed by atoms with Crippen LogP contribution in [0.4, 0.5) is 0 Å². The topological polar surface area (TPSA) is 32.6 Å². The quantitative estimate of drug-likeness (QED) is 0.490. The second kappa shape index (κ2) is 6.01. The molecular weight excluding hydrogens is 222 g/mol. The van der Waals surface area contributed by atoms with Gasteiger partial charge >= 0.3 is 0 Å². The second-order valence-electron chi connectivity index (χ2n) is 4.39. The van der Waals surface area contributed by atoms with Crippen molar-refractivity contribution in [1.29, 1.82) is 0 Å². The van der Waals surface area contributed by atoms with Crippen molar-refractivity contribution in [3.8, 4) is 0 Å². The van der Waals surface area contributed by atoms with Crippen molar-refractivity contribution in [2.24, 2.45) is 5.16 Å². The molecule has 2 aromatic carbocycles. The van der Waals surface area contributed by atoms with E-state index in [1.54, 1.807) is 0 Å². The van der Waals surface area contributed by atoms with Crippen LogP contribution in [0, 0.1) is 0 Å². The molecule has 1 atom stereocenters. The minimum Gasteiger partial charge on any atom is -0.411 e. The molecule has 1 N–H and O–H groups in total. The Kier molecular flexibility index (Phi) is 4.13. The summed E-state index contributed by atoms with van der Waals surface area (Å²) in [5.41, 5.74) is 3.16. The van der Waals surface area contributed by atoms with Gasteiger partial charge in [-0.3, -0.25) is 0 Å². The molecule has 2 aromatic rings. The largest absolute Gasteiger partial charge is 0.411 e. The first-order valence-corrected chi connectivity index (χ1v) is 6.08. The van der Waals surface area contributed by atoms with E-state index in [4.69, 9.17) is 5.21 Å². The lowest BCUT2D eigenvalue weighted by Crippen LogP contribution is -2.12. The van der Waals surface area contributed by atoms with Gasteiger partial charge in [0.1, 0.15) is 0 Å². The summed E-state index contributed by atoms with van der Waals surface area (Å²) in [7, 11) is 0. The van der Waals surface area contributed by atoms with Crippen LogP contribution >= 0.6 is 0 Å². The lowest BCUT2D eigenvalue weighted by molar-refractivity contribution is 0.316. The molecule has 0 radical (unpaired) electrons. The minimum atomic E-state index is 0.124. The molecule has 2 heteroatoms. The fraction of sp³-hybridized carbons (Fsp3) is 0.188. The van der Waals surface area contributed by atoms with Gasteiger partial charge in [0, 0.05) is 5.92 Å². The van der Waals surface area contributed by atoms with E-state index >= 15 is 0 Å². The van der Waals surface area contributed by atoms with Crippen LogP contribution in [-0.2, 0) is 6.42 Å². The number of hydrogen-bond donors (Lipinski definition) is 1. The van der Waals surface area contributed by atoms with E-state index in [1.807, 2.05) is 43.3 Å². The Morgan fingerprint density at radius 2 is 1.56 bits per heavy atom. The van der Waals surface area contributed by atoms with Crippen molar-refractivity contribution in [1.82, 2.24) is 0 Å². The van der Waals surface area contributed by atoms with Gasteiger partial charge in [-0.25, -0.2) is 0 Å². The number of rotatable bonds is 4. The summed E-state index contributed by atoms with van der Waals surface area (Å²) in [5.74, 6) is 0.124. The van der Waals surface area contributed by atoms with Crippen LogP contribution in [0.25, 0.3) is 0 Å². The van der Waals surface area contributed by atoms with Gasteiger partial charge in [-0.05, 0) is 24.5 Å². The van der Waals surface area contributed by atoms with Crippen LogP contribution in [0.5, 0.6) is 0 Å². The summed E-state index contributed by atoms with van der Waals surface area (Å²) >= 11 is 0. The van der Waals surface area contributed by atoms with E-state index < -0.39 is 0 Å². The van der Waals surface area contributed by atoms with Crippen molar-refractivity contribution < 1.29 is 5.21 Å². The maximum absolute atomic E-state index is 9.03. The normalized spacial score (nSPS) is 13.3. The zero-order valence-corrected chi connectivity index (χ0v) is 10.5. The first kappa shape index (κ1) is 12.4. The molecule has 2 rings (SSSR count). The Morgan fingerprint density at radius 3 is 2.11 bits per heavy atom. The standard InChI is InChI=1S/C16H17NO/c1-13(17-18)16(15-10-6-3-7-11-15)12-14-8-4-2-5-9-14/h2-11,16,18H,12H2,1H3/b17-13+/t16-/m0/s1. The monoisotopic (exact) mass is 239 g/mol. The zero-order chi connectivity index (χ0) is 12.8. The highest BCUT2D eigenvalue weighted by Gasteiger charge is 2.15. The highest BCUT2D eigenvalue weighted by atomic mass is 16.4. The molecule has 2 nitrogen and oxygen atoms in total. The van der Waals surface area contributed by atoms with Crippen LogP contribution < -0.4 is 0 Å². The third-order valence-corrected chi connectivity index (χ3v) is 3.15. The predicted octanol–water partition coefficient (Wildman–Crippen LogP) is 3.86. The van der Waals surface area contributed by atoms with Gasteiger partial charge in [-0.15, -0.1) is 0 Å². The Hall–Kier alpha value is -2.09. The molecule has 0 spiro atoms. The number of hydrogen-bond acceptors (Lipinski definition) is 2. The minimum absolute atomic E-state index is 0.124. The average molecular weight is 239 g/mol. The third kappa shape index (κ3) is 2.98. The van der Waals surface area contributed by atoms with Crippen LogP contribution in [-0.4, -0.2) is 10.9 Å². The van der Waals surface area contributed by atoms with E-state index in [0.29, 0.717) is 0 Å². The van der Waals surface area contributed by atoms with Gasteiger partial charge in [0.15, 0.2) is 0 Å². The molecule has 0 amide bonds. The molecule has 0 aliphatic carbocycles. The Balaban J connectivity index is 2.27. The molecule has 0 bridgehead atoms. The molecule has 0 aliphatic rings. The lowest BCUT2D eigenvalue weighted by atomic mass is 9.88. The second-order valence-corrected chi connectivity index (χ2v) is 4.39. The van der Waals surface area contributed by atoms with Crippen LogP contribution in [0.2, 0.25) is 0 Å². The Morgan fingerprint density at radius 1 is 1.00 bits per heavy atom. The molecule has 0 saturated heterocycles. The summed E-state index contributed by atoms with van der Waals surface area (Å²) in [6, 6.07) is 20.4. The molecule has 0 fully saturated rings. The van der Waals surface area contributed by atoms with Crippen LogP contribution in [0.3, 0.4) is 0 Å². The van der Waals surface area contributed by atoms with Crippen LogP contribution in [0.15, 0.2) is 65.8 Å². The summed E-state index contributed by atoms with van der Waals surface area (Å²) in [6.07, 6.45) is 0.848. The highest BCUT2D eigenvalue weighted by Crippen LogP contribution is 2.22. The van der Waals surface area contributed by atoms with Crippen molar-refractivity contribution in [2.75, 3.05) is 0 Å². The lowest BCUT2D eigenvalue weighted by Gasteiger charge is -2.16. The van der Waals surface area contributed by atoms with E-state index in [1.165, 1.54) is 11.1 Å². The first-order valence-electron chi connectivity index (χ1n) is 6.08. The first-order chi connectivity index (χ1) is 8.81. The predicted molar refractivity (Wildman–Crippen MR) is 74.2 cm³/mol. The summed E-state index contributed by atoms with van der Waals surface area (Å²) < 4.78 is 0. The Labute approximate surface area is 108 Å². The number of nitrogens with zero attached hydrogens (tertiary/aromatic N) is 1. The van der Waals surface area contributed by atoms with Gasteiger partial charge in [-0.1, -0.05) is 65.8 Å². The van der Waals surface area contributed by atoms with Crippen molar-refractivity contribution in [3.63, 3.8) is 0 Å². The van der Waals surface area contributed by atoms with E-state index in [-0.39, 0.29) is 5.92 Å². The molecule has 0 heterocycles. The molecule has 0 unspecified atom stereocenters. The molecule has 0 aliphatic heterocycles. The van der Waals surface area contributed by atoms with Gasteiger partial charge in [0.25, 0.3) is 0 Å². The summed E-state index contributed by atoms with van der Waals surface area (Å²) in [6.45, 7) is 1.86. The zero-order valence-electron chi connectivity index (χ0n) is 10.5. The number of benzene rings is 2. The van der Waals surface area contributed by atoms with Crippen molar-refractivity contribution in [3.05, 3.63) is 71.8 Å². The van der Waals surface area contributed by atoms with E-state index in [9.17, 15) is 0 Å². The van der Waals surface area contributed by atoms with Crippen molar-refractivity contribution in [2.45, 2.75) is 19.3 Å². The van der Waals surface area contributed by atoms with Gasteiger partial charge in [0.05, 0.1) is 5.71 Å². The molecule has 18 heavy (non-hydrogen) atoms. The van der Waals surface area contributed by atoms with Gasteiger partial charge in [0.2, 0.25) is 0 Å². The third-order valence-electron chi connectivity index (χ3n) is 3.15. The smallest absolute Gasteiger partial charge is 0.0617 e. The van der Waals surface area contributed by atoms with Crippen LogP contribution in [0.1, 0.15) is 24.0 Å². The van der Waals surface area contributed by atoms with Gasteiger partial charge in [-0.2, -0.15) is 0 Å². The molecule has 0 saturated carbocycles. The maximum atomic E-state index is 9.03. The fourth-order valence-corrected chi connectivity index (χ4v) is 2.11. The molecular formula is C16H17NO. The fourth-order valence-electron chi connectivity index (χ4n) is 2.11. The molecule has 0 aromatic heterocycles. The SMILES string of the molecule is C/C(=N\O)[C@H](Cc1ccccc1)c1ccccc1. The highest BCUT2D eigenvalue weighted by molar-refractivity contribution is 5.88. The summed E-state index contributed by atoms with van der Waals surface area (Å²) in [4.78, 5) is 0. The number of oxime groups is 1. The van der Waals surface area contributed by atoms with Crippen molar-refractivity contribution >= 4 is 5.71 Å². The van der Waals surface area contributed by atoms with E-state index in [2.05, 4.69) is 29.4 Å². The average Bonchev–Trinajstić information content (AvgIpc) is 2.46. The van der Waals surface area contributed by atoms with Gasteiger partial charge < -0.3 is 5.21 Å². The molecule has 92 valence electrons. The summed E-state index contributed by atoms with van der Waals surface area (Å²) in [5, 5.41) is 12.4. The maximum Gasteiger partial charge on any atom is 0.0617 e.